The van der Waals surface area contributed by atoms with Crippen molar-refractivity contribution in [2.45, 2.75) is 44.6 Å². The summed E-state index contributed by atoms with van der Waals surface area (Å²) < 4.78 is 22.6. The number of sulfone groups is 1. The highest BCUT2D eigenvalue weighted by Crippen LogP contribution is 2.16. The van der Waals surface area contributed by atoms with Gasteiger partial charge in [-0.05, 0) is 12.8 Å². The van der Waals surface area contributed by atoms with Crippen molar-refractivity contribution in [3.8, 4) is 0 Å². The number of nitrogens with one attached hydrogen (secondary N) is 1. The molecule has 1 N–H and O–H groups in total. The average molecular weight is 274 g/mol. The molecule has 4 nitrogen and oxygen atoms in total. The van der Waals surface area contributed by atoms with Crippen LogP contribution >= 0.6 is 0 Å². The third-order valence-corrected chi connectivity index (χ3v) is 5.76. The lowest BCUT2D eigenvalue weighted by atomic mass is 10.1. The van der Waals surface area contributed by atoms with Gasteiger partial charge in [0.25, 0.3) is 0 Å². The molecule has 2 rings (SSSR count). The number of nitrogens with zero attached hydrogens (tertiary/aromatic N) is 1. The topological polar surface area (TPSA) is 49.4 Å². The first-order valence-corrected chi connectivity index (χ1v) is 9.14. The molecule has 18 heavy (non-hydrogen) atoms. The Kier molecular flexibility index (Phi) is 5.45. The van der Waals surface area contributed by atoms with Gasteiger partial charge < -0.3 is 10.2 Å². The minimum absolute atomic E-state index is 0.344. The summed E-state index contributed by atoms with van der Waals surface area (Å²) in [7, 11) is -2.73. The van der Waals surface area contributed by atoms with Gasteiger partial charge in [0.2, 0.25) is 0 Å². The molecular formula is C13H26N2O2S. The predicted molar refractivity (Wildman–Crippen MR) is 74.6 cm³/mol. The van der Waals surface area contributed by atoms with Crippen molar-refractivity contribution in [3.63, 3.8) is 0 Å². The van der Waals surface area contributed by atoms with Crippen LogP contribution in [0.1, 0.15) is 38.5 Å². The van der Waals surface area contributed by atoms with E-state index in [2.05, 4.69) is 10.2 Å². The van der Waals surface area contributed by atoms with Crippen molar-refractivity contribution in [2.24, 2.45) is 0 Å². The van der Waals surface area contributed by atoms with E-state index in [1.54, 1.807) is 0 Å². The smallest absolute Gasteiger partial charge is 0.152 e. The van der Waals surface area contributed by atoms with Crippen LogP contribution in [0.2, 0.25) is 0 Å². The summed E-state index contributed by atoms with van der Waals surface area (Å²) in [4.78, 5) is 2.27. The molecule has 106 valence electrons. The molecular weight excluding hydrogens is 248 g/mol. The standard InChI is InChI=1S/C13H26N2O2S/c16-18(17)11-9-15(10-12-18)8-7-14-13-5-3-1-2-4-6-13/h13-14H,1-12H2. The summed E-state index contributed by atoms with van der Waals surface area (Å²) in [6.07, 6.45) is 8.13. The lowest BCUT2D eigenvalue weighted by Crippen LogP contribution is -2.44. The molecule has 0 unspecified atom stereocenters. The van der Waals surface area contributed by atoms with Crippen molar-refractivity contribution in [1.29, 1.82) is 0 Å². The van der Waals surface area contributed by atoms with Crippen LogP contribution in [0.25, 0.3) is 0 Å². The fourth-order valence-corrected chi connectivity index (χ4v) is 4.16. The monoisotopic (exact) mass is 274 g/mol. The van der Waals surface area contributed by atoms with E-state index in [-0.39, 0.29) is 0 Å². The fourth-order valence-electron chi connectivity index (χ4n) is 2.88. The Morgan fingerprint density at radius 3 is 2.22 bits per heavy atom. The summed E-state index contributed by atoms with van der Waals surface area (Å²) in [6.45, 7) is 3.43. The first kappa shape index (κ1) is 14.3. The molecule has 5 heteroatoms. The van der Waals surface area contributed by atoms with E-state index in [4.69, 9.17) is 0 Å². The zero-order valence-corrected chi connectivity index (χ0v) is 12.1. The predicted octanol–water partition coefficient (Wildman–Crippen LogP) is 1.03. The van der Waals surface area contributed by atoms with E-state index in [1.807, 2.05) is 0 Å². The molecule has 1 heterocycles. The van der Waals surface area contributed by atoms with Crippen molar-refractivity contribution in [3.05, 3.63) is 0 Å². The average Bonchev–Trinajstić information content (AvgIpc) is 2.60. The summed E-state index contributed by atoms with van der Waals surface area (Å²) in [5.41, 5.74) is 0. The second-order valence-corrected chi connectivity index (χ2v) is 7.94. The van der Waals surface area contributed by atoms with E-state index in [0.29, 0.717) is 30.6 Å². The molecule has 1 saturated heterocycles. The second kappa shape index (κ2) is 6.87. The maximum atomic E-state index is 11.3. The molecule has 0 radical (unpaired) electrons. The van der Waals surface area contributed by atoms with E-state index in [0.717, 1.165) is 13.1 Å². The van der Waals surface area contributed by atoms with Crippen molar-refractivity contribution >= 4 is 9.84 Å². The van der Waals surface area contributed by atoms with E-state index < -0.39 is 9.84 Å². The molecule has 0 amide bonds. The van der Waals surface area contributed by atoms with Crippen LogP contribution < -0.4 is 5.32 Å². The van der Waals surface area contributed by atoms with Gasteiger partial charge in [-0.15, -0.1) is 0 Å². The quantitative estimate of drug-likeness (QED) is 0.778. The minimum Gasteiger partial charge on any atom is -0.313 e. The maximum absolute atomic E-state index is 11.3. The Hall–Kier alpha value is -0.130. The fraction of sp³-hybridized carbons (Fsp3) is 1.00. The van der Waals surface area contributed by atoms with Gasteiger partial charge in [-0.2, -0.15) is 0 Å². The Labute approximate surface area is 111 Å². The van der Waals surface area contributed by atoms with E-state index in [1.165, 1.54) is 38.5 Å². The largest absolute Gasteiger partial charge is 0.313 e. The van der Waals surface area contributed by atoms with E-state index in [9.17, 15) is 8.42 Å². The maximum Gasteiger partial charge on any atom is 0.152 e. The molecule has 2 aliphatic rings. The summed E-state index contributed by atoms with van der Waals surface area (Å²) in [6, 6.07) is 0.695. The van der Waals surface area contributed by atoms with Gasteiger partial charge in [0.05, 0.1) is 11.5 Å². The van der Waals surface area contributed by atoms with Gasteiger partial charge >= 0.3 is 0 Å². The van der Waals surface area contributed by atoms with Crippen LogP contribution in [0, 0.1) is 0 Å². The highest BCUT2D eigenvalue weighted by Gasteiger charge is 2.21. The van der Waals surface area contributed by atoms with Crippen LogP contribution in [-0.4, -0.2) is 57.0 Å². The van der Waals surface area contributed by atoms with Crippen LogP contribution in [0.3, 0.4) is 0 Å². The SMILES string of the molecule is O=S1(=O)CCN(CCNC2CCCCCC2)CC1. The normalized spacial score (nSPS) is 26.9. The Morgan fingerprint density at radius 1 is 1.00 bits per heavy atom. The summed E-state index contributed by atoms with van der Waals surface area (Å²) >= 11 is 0. The first-order chi connectivity index (χ1) is 8.66. The molecule has 0 atom stereocenters. The number of rotatable bonds is 4. The Bertz CT molecular complexity index is 321. The summed E-state index contributed by atoms with van der Waals surface area (Å²) in [5, 5.41) is 3.64. The number of hydrogen-bond donors (Lipinski definition) is 1. The molecule has 0 aromatic rings. The van der Waals surface area contributed by atoms with Crippen molar-refractivity contribution < 1.29 is 8.42 Å². The highest BCUT2D eigenvalue weighted by atomic mass is 32.2. The minimum atomic E-state index is -2.73. The Morgan fingerprint density at radius 2 is 1.61 bits per heavy atom. The van der Waals surface area contributed by atoms with Crippen LogP contribution in [0.5, 0.6) is 0 Å². The summed E-state index contributed by atoms with van der Waals surface area (Å²) in [5.74, 6) is 0.687. The molecule has 1 aliphatic heterocycles. The molecule has 2 fully saturated rings. The third-order valence-electron chi connectivity index (χ3n) is 4.15. The molecule has 0 aromatic carbocycles. The van der Waals surface area contributed by atoms with E-state index >= 15 is 0 Å². The lowest BCUT2D eigenvalue weighted by Gasteiger charge is -2.27. The lowest BCUT2D eigenvalue weighted by molar-refractivity contribution is 0.286. The van der Waals surface area contributed by atoms with Crippen LogP contribution in [-0.2, 0) is 9.84 Å². The zero-order chi connectivity index (χ0) is 12.8. The zero-order valence-electron chi connectivity index (χ0n) is 11.2. The molecule has 0 aromatic heterocycles. The van der Waals surface area contributed by atoms with Gasteiger partial charge in [-0.3, -0.25) is 0 Å². The first-order valence-electron chi connectivity index (χ1n) is 7.32. The van der Waals surface area contributed by atoms with Gasteiger partial charge in [0.15, 0.2) is 9.84 Å². The highest BCUT2D eigenvalue weighted by molar-refractivity contribution is 7.91. The van der Waals surface area contributed by atoms with Crippen molar-refractivity contribution in [2.75, 3.05) is 37.7 Å². The van der Waals surface area contributed by atoms with Crippen LogP contribution in [0.4, 0.5) is 0 Å². The molecule has 1 saturated carbocycles. The second-order valence-electron chi connectivity index (χ2n) is 5.64. The van der Waals surface area contributed by atoms with Gasteiger partial charge in [0.1, 0.15) is 0 Å². The molecule has 1 aliphatic carbocycles. The Balaban J connectivity index is 1.60. The van der Waals surface area contributed by atoms with Gasteiger partial charge in [0, 0.05) is 32.2 Å². The van der Waals surface area contributed by atoms with Gasteiger partial charge in [-0.1, -0.05) is 25.7 Å². The van der Waals surface area contributed by atoms with Crippen molar-refractivity contribution in [1.82, 2.24) is 10.2 Å². The van der Waals surface area contributed by atoms with Gasteiger partial charge in [-0.25, -0.2) is 8.42 Å². The number of hydrogen-bond acceptors (Lipinski definition) is 4. The third kappa shape index (κ3) is 4.86. The molecule has 0 bridgehead atoms. The molecule has 0 spiro atoms. The van der Waals surface area contributed by atoms with Crippen LogP contribution in [0.15, 0.2) is 0 Å².